The quantitative estimate of drug-likeness (QED) is 0.618. The summed E-state index contributed by atoms with van der Waals surface area (Å²) in [6.07, 6.45) is 6.35. The Bertz CT molecular complexity index is 660. The zero-order valence-corrected chi connectivity index (χ0v) is 17.4. The summed E-state index contributed by atoms with van der Waals surface area (Å²) in [5.41, 5.74) is 0.566. The summed E-state index contributed by atoms with van der Waals surface area (Å²) in [5.74, 6) is 0.972. The van der Waals surface area contributed by atoms with Crippen LogP contribution in [-0.2, 0) is 16.1 Å². The van der Waals surface area contributed by atoms with E-state index in [1.165, 1.54) is 18.9 Å². The lowest BCUT2D eigenvalue weighted by Gasteiger charge is -2.29. The second-order valence-electron chi connectivity index (χ2n) is 8.18. The first kappa shape index (κ1) is 21.8. The molecule has 7 heteroatoms. The van der Waals surface area contributed by atoms with Crippen molar-refractivity contribution in [1.29, 1.82) is 0 Å². The normalized spacial score (nSPS) is 22.7. The van der Waals surface area contributed by atoms with Crippen LogP contribution in [0.15, 0.2) is 18.2 Å². The summed E-state index contributed by atoms with van der Waals surface area (Å²) < 4.78 is 31.7. The van der Waals surface area contributed by atoms with Crippen molar-refractivity contribution >= 4 is 6.03 Å². The van der Waals surface area contributed by atoms with Gasteiger partial charge in [-0.1, -0.05) is 6.07 Å². The molecular formula is C22H33FN2O4. The zero-order valence-electron chi connectivity index (χ0n) is 17.4. The standard InChI is InChI=1S/C22H33FN2O4/c1-15(25-22(26)24-2)12-27-18-7-9-19(10-8-18)29-14-17-5-6-20(11-21(17)23)28-13-16-3-4-16/h5-6,11,15-16,18-19H,3-4,7-10,12-14H2,1-2H3,(H2,24,25,26). The van der Waals surface area contributed by atoms with Crippen molar-refractivity contribution in [3.05, 3.63) is 29.6 Å². The number of ether oxygens (including phenoxy) is 3. The molecule has 2 aliphatic rings. The third-order valence-corrected chi connectivity index (χ3v) is 5.49. The third kappa shape index (κ3) is 7.48. The molecule has 2 saturated carbocycles. The van der Waals surface area contributed by atoms with E-state index in [0.29, 0.717) is 30.4 Å². The molecule has 1 aromatic carbocycles. The van der Waals surface area contributed by atoms with Crippen LogP contribution in [0.5, 0.6) is 5.75 Å². The molecule has 29 heavy (non-hydrogen) atoms. The molecule has 0 saturated heterocycles. The number of carbonyl (C=O) groups is 1. The first-order valence-corrected chi connectivity index (χ1v) is 10.7. The van der Waals surface area contributed by atoms with Gasteiger partial charge in [-0.2, -0.15) is 0 Å². The Balaban J connectivity index is 1.32. The van der Waals surface area contributed by atoms with Gasteiger partial charge in [0, 0.05) is 18.7 Å². The Morgan fingerprint density at radius 3 is 2.45 bits per heavy atom. The van der Waals surface area contributed by atoms with Gasteiger partial charge < -0.3 is 24.8 Å². The summed E-state index contributed by atoms with van der Waals surface area (Å²) in [4.78, 5) is 11.3. The molecule has 0 bridgehead atoms. The summed E-state index contributed by atoms with van der Waals surface area (Å²) in [6, 6.07) is 4.80. The van der Waals surface area contributed by atoms with Gasteiger partial charge in [-0.25, -0.2) is 9.18 Å². The van der Waals surface area contributed by atoms with Crippen LogP contribution in [0.2, 0.25) is 0 Å². The van der Waals surface area contributed by atoms with Gasteiger partial charge in [-0.15, -0.1) is 0 Å². The fraction of sp³-hybridized carbons (Fsp3) is 0.682. The first-order chi connectivity index (χ1) is 14.0. The van der Waals surface area contributed by atoms with Crippen molar-refractivity contribution in [1.82, 2.24) is 10.6 Å². The molecule has 1 atom stereocenters. The smallest absolute Gasteiger partial charge is 0.314 e. The van der Waals surface area contributed by atoms with Gasteiger partial charge in [0.25, 0.3) is 0 Å². The number of carbonyl (C=O) groups excluding carboxylic acids is 1. The fourth-order valence-electron chi connectivity index (χ4n) is 3.42. The van der Waals surface area contributed by atoms with Gasteiger partial charge in [-0.05, 0) is 57.4 Å². The Labute approximate surface area is 172 Å². The van der Waals surface area contributed by atoms with Crippen molar-refractivity contribution < 1.29 is 23.4 Å². The summed E-state index contributed by atoms with van der Waals surface area (Å²) in [5, 5.41) is 5.33. The van der Waals surface area contributed by atoms with E-state index < -0.39 is 0 Å². The molecule has 6 nitrogen and oxygen atoms in total. The van der Waals surface area contributed by atoms with Crippen LogP contribution in [0.25, 0.3) is 0 Å². The maximum Gasteiger partial charge on any atom is 0.314 e. The van der Waals surface area contributed by atoms with E-state index in [2.05, 4.69) is 10.6 Å². The van der Waals surface area contributed by atoms with Gasteiger partial charge in [0.15, 0.2) is 0 Å². The molecule has 0 aliphatic heterocycles. The summed E-state index contributed by atoms with van der Waals surface area (Å²) in [7, 11) is 1.59. The highest BCUT2D eigenvalue weighted by Crippen LogP contribution is 2.30. The van der Waals surface area contributed by atoms with Gasteiger partial charge in [0.05, 0.1) is 38.1 Å². The van der Waals surface area contributed by atoms with Crippen molar-refractivity contribution in [3.63, 3.8) is 0 Å². The number of hydrogen-bond acceptors (Lipinski definition) is 4. The van der Waals surface area contributed by atoms with Crippen molar-refractivity contribution in [3.8, 4) is 5.75 Å². The molecular weight excluding hydrogens is 375 g/mol. The largest absolute Gasteiger partial charge is 0.493 e. The summed E-state index contributed by atoms with van der Waals surface area (Å²) >= 11 is 0. The molecule has 2 fully saturated rings. The minimum absolute atomic E-state index is 0.0388. The van der Waals surface area contributed by atoms with E-state index in [-0.39, 0.29) is 36.7 Å². The molecule has 0 heterocycles. The fourth-order valence-corrected chi connectivity index (χ4v) is 3.42. The lowest BCUT2D eigenvalue weighted by molar-refractivity contribution is -0.0402. The lowest BCUT2D eigenvalue weighted by atomic mass is 9.95. The average Bonchev–Trinajstić information content (AvgIpc) is 3.55. The maximum absolute atomic E-state index is 14.3. The van der Waals surface area contributed by atoms with Crippen LogP contribution >= 0.6 is 0 Å². The predicted molar refractivity (Wildman–Crippen MR) is 108 cm³/mol. The van der Waals surface area contributed by atoms with Crippen LogP contribution in [0, 0.1) is 11.7 Å². The minimum atomic E-state index is -0.270. The monoisotopic (exact) mass is 408 g/mol. The molecule has 1 unspecified atom stereocenters. The number of amides is 2. The van der Waals surface area contributed by atoms with E-state index >= 15 is 0 Å². The molecule has 1 aromatic rings. The number of nitrogens with one attached hydrogen (secondary N) is 2. The third-order valence-electron chi connectivity index (χ3n) is 5.49. The molecule has 162 valence electrons. The highest BCUT2D eigenvalue weighted by molar-refractivity contribution is 5.73. The molecule has 2 aliphatic carbocycles. The SMILES string of the molecule is CNC(=O)NC(C)COC1CCC(OCc2ccc(OCC3CC3)cc2F)CC1. The zero-order chi connectivity index (χ0) is 20.6. The number of rotatable bonds is 10. The Morgan fingerprint density at radius 2 is 1.83 bits per heavy atom. The van der Waals surface area contributed by atoms with Crippen molar-refractivity contribution in [2.75, 3.05) is 20.3 Å². The number of hydrogen-bond donors (Lipinski definition) is 2. The van der Waals surface area contributed by atoms with Crippen LogP contribution in [0.1, 0.15) is 51.0 Å². The van der Waals surface area contributed by atoms with Crippen LogP contribution in [0.4, 0.5) is 9.18 Å². The number of halogens is 1. The highest BCUT2D eigenvalue weighted by Gasteiger charge is 2.24. The first-order valence-electron chi connectivity index (χ1n) is 10.7. The number of benzene rings is 1. The van der Waals surface area contributed by atoms with Crippen LogP contribution in [0.3, 0.4) is 0 Å². The summed E-state index contributed by atoms with van der Waals surface area (Å²) in [6.45, 7) is 3.37. The van der Waals surface area contributed by atoms with Gasteiger partial charge in [-0.3, -0.25) is 0 Å². The average molecular weight is 409 g/mol. The maximum atomic E-state index is 14.3. The van der Waals surface area contributed by atoms with Gasteiger partial charge in [0.1, 0.15) is 11.6 Å². The van der Waals surface area contributed by atoms with E-state index in [1.54, 1.807) is 13.1 Å². The molecule has 0 spiro atoms. The Hall–Kier alpha value is -1.86. The number of urea groups is 1. The van der Waals surface area contributed by atoms with E-state index in [1.807, 2.05) is 13.0 Å². The van der Waals surface area contributed by atoms with E-state index in [9.17, 15) is 9.18 Å². The molecule has 0 radical (unpaired) electrons. The topological polar surface area (TPSA) is 68.8 Å². The van der Waals surface area contributed by atoms with E-state index in [0.717, 1.165) is 25.7 Å². The van der Waals surface area contributed by atoms with Crippen LogP contribution in [-0.4, -0.2) is 44.5 Å². The molecule has 0 aromatic heterocycles. The molecule has 3 rings (SSSR count). The second kappa shape index (κ2) is 10.8. The lowest BCUT2D eigenvalue weighted by Crippen LogP contribution is -2.42. The van der Waals surface area contributed by atoms with E-state index in [4.69, 9.17) is 14.2 Å². The predicted octanol–water partition coefficient (Wildman–Crippen LogP) is 3.78. The van der Waals surface area contributed by atoms with Gasteiger partial charge in [0.2, 0.25) is 0 Å². The molecule has 2 amide bonds. The Morgan fingerprint density at radius 1 is 1.14 bits per heavy atom. The molecule has 2 N–H and O–H groups in total. The minimum Gasteiger partial charge on any atom is -0.493 e. The second-order valence-corrected chi connectivity index (χ2v) is 8.18. The van der Waals surface area contributed by atoms with Gasteiger partial charge >= 0.3 is 6.03 Å². The highest BCUT2D eigenvalue weighted by atomic mass is 19.1. The van der Waals surface area contributed by atoms with Crippen molar-refractivity contribution in [2.24, 2.45) is 5.92 Å². The Kier molecular flexibility index (Phi) is 8.12. The van der Waals surface area contributed by atoms with Crippen molar-refractivity contribution in [2.45, 2.75) is 70.3 Å². The van der Waals surface area contributed by atoms with Crippen LogP contribution < -0.4 is 15.4 Å².